The molecule has 1 aromatic carbocycles. The van der Waals surface area contributed by atoms with Crippen LogP contribution in [0.1, 0.15) is 44.0 Å². The number of hydrogen-bond acceptors (Lipinski definition) is 8. The van der Waals surface area contributed by atoms with Crippen molar-refractivity contribution in [1.82, 2.24) is 24.6 Å². The van der Waals surface area contributed by atoms with Gasteiger partial charge in [-0.2, -0.15) is 10.4 Å². The number of likely N-dealkylation sites (N-methyl/N-ethyl adjacent to an activating group) is 1. The number of anilines is 3. The maximum Gasteiger partial charge on any atom is 0.227 e. The van der Waals surface area contributed by atoms with Crippen LogP contribution in [0, 0.1) is 17.2 Å². The van der Waals surface area contributed by atoms with E-state index in [2.05, 4.69) is 64.3 Å². The molecule has 2 aromatic heterocycles. The summed E-state index contributed by atoms with van der Waals surface area (Å²) in [7, 11) is 4.12. The van der Waals surface area contributed by atoms with Crippen LogP contribution in [0.3, 0.4) is 0 Å². The van der Waals surface area contributed by atoms with Crippen LogP contribution in [-0.2, 0) is 18.4 Å². The molecule has 0 bridgehead atoms. The van der Waals surface area contributed by atoms with Gasteiger partial charge in [-0.15, -0.1) is 0 Å². The van der Waals surface area contributed by atoms with Crippen LogP contribution in [0.15, 0.2) is 30.6 Å². The van der Waals surface area contributed by atoms with Gasteiger partial charge < -0.3 is 20.6 Å². The molecular formula is C27H36N8O. The van der Waals surface area contributed by atoms with E-state index in [1.54, 1.807) is 6.20 Å². The van der Waals surface area contributed by atoms with E-state index in [-0.39, 0.29) is 6.61 Å². The molecule has 190 valence electrons. The Kier molecular flexibility index (Phi) is 7.57. The number of nitrogens with zero attached hydrogens (tertiary/aromatic N) is 6. The van der Waals surface area contributed by atoms with Gasteiger partial charge in [0.1, 0.15) is 6.07 Å². The van der Waals surface area contributed by atoms with Crippen molar-refractivity contribution in [1.29, 1.82) is 5.26 Å². The van der Waals surface area contributed by atoms with Gasteiger partial charge in [-0.3, -0.25) is 4.68 Å². The Balaban J connectivity index is 1.65. The molecule has 0 saturated carbocycles. The number of hydrogen-bond donors (Lipinski definition) is 3. The molecule has 4 rings (SSSR count). The lowest BCUT2D eigenvalue weighted by molar-refractivity contribution is 0.219. The maximum absolute atomic E-state index is 10.0. The summed E-state index contributed by atoms with van der Waals surface area (Å²) in [4.78, 5) is 11.4. The van der Waals surface area contributed by atoms with Crippen molar-refractivity contribution in [3.8, 4) is 17.3 Å². The van der Waals surface area contributed by atoms with E-state index < -0.39 is 5.41 Å². The minimum absolute atomic E-state index is 0.00509. The van der Waals surface area contributed by atoms with Crippen molar-refractivity contribution in [2.45, 2.75) is 45.6 Å². The lowest BCUT2D eigenvalue weighted by atomic mass is 9.83. The third-order valence-corrected chi connectivity index (χ3v) is 6.78. The number of aliphatic hydroxyl groups excluding tert-OH is 1. The molecule has 3 N–H and O–H groups in total. The summed E-state index contributed by atoms with van der Waals surface area (Å²) in [6, 6.07) is 7.99. The Bertz CT molecular complexity index is 1260. The predicted octanol–water partition coefficient (Wildman–Crippen LogP) is 3.78. The average Bonchev–Trinajstić information content (AvgIpc) is 3.41. The molecule has 36 heavy (non-hydrogen) atoms. The highest BCUT2D eigenvalue weighted by molar-refractivity contribution is 5.76. The van der Waals surface area contributed by atoms with Crippen molar-refractivity contribution in [2.75, 3.05) is 44.4 Å². The number of benzene rings is 1. The van der Waals surface area contributed by atoms with Gasteiger partial charge in [0.15, 0.2) is 0 Å². The largest absolute Gasteiger partial charge is 0.395 e. The van der Waals surface area contributed by atoms with Crippen LogP contribution in [-0.4, -0.2) is 63.5 Å². The first-order valence-corrected chi connectivity index (χ1v) is 12.5. The number of aliphatic hydroxyl groups is 1. The molecular weight excluding hydrogens is 452 g/mol. The van der Waals surface area contributed by atoms with Gasteiger partial charge in [-0.05, 0) is 56.6 Å². The van der Waals surface area contributed by atoms with Crippen LogP contribution in [0.2, 0.25) is 0 Å². The van der Waals surface area contributed by atoms with Crippen molar-refractivity contribution in [3.63, 3.8) is 0 Å². The fourth-order valence-electron chi connectivity index (χ4n) is 4.46. The first-order chi connectivity index (χ1) is 17.2. The molecule has 1 aliphatic heterocycles. The summed E-state index contributed by atoms with van der Waals surface area (Å²) in [6.07, 6.45) is 5.55. The van der Waals surface area contributed by atoms with Gasteiger partial charge >= 0.3 is 0 Å². The van der Waals surface area contributed by atoms with Crippen molar-refractivity contribution in [3.05, 3.63) is 47.4 Å². The lowest BCUT2D eigenvalue weighted by Gasteiger charge is -2.21. The standard InChI is InChI=1S/C27H36N8O/c1-18(2)6-7-24-23(15-31-35(24)11-10-34(4)5)33-26-29-9-8-22(32-26)19-12-20(14-28)25-21(13-19)27(3,17-36)16-30-25/h8-9,12-13,15,18,30,36H,6-7,10-11,16-17H2,1-5H3,(H,29,32,33)/t27-/m1/s1. The zero-order valence-corrected chi connectivity index (χ0v) is 21.8. The van der Waals surface area contributed by atoms with Gasteiger partial charge in [0.2, 0.25) is 5.95 Å². The minimum atomic E-state index is -0.447. The summed E-state index contributed by atoms with van der Waals surface area (Å²) in [6.45, 7) is 8.75. The van der Waals surface area contributed by atoms with Crippen LogP contribution in [0.5, 0.6) is 0 Å². The van der Waals surface area contributed by atoms with Gasteiger partial charge in [0, 0.05) is 30.3 Å². The van der Waals surface area contributed by atoms with E-state index in [1.807, 2.05) is 31.3 Å². The number of nitrogens with one attached hydrogen (secondary N) is 2. The van der Waals surface area contributed by atoms with E-state index in [9.17, 15) is 10.4 Å². The summed E-state index contributed by atoms with van der Waals surface area (Å²) < 4.78 is 2.07. The highest BCUT2D eigenvalue weighted by Crippen LogP contribution is 2.41. The molecule has 9 nitrogen and oxygen atoms in total. The van der Waals surface area contributed by atoms with Crippen molar-refractivity contribution in [2.24, 2.45) is 5.92 Å². The molecule has 3 heterocycles. The second-order valence-corrected chi connectivity index (χ2v) is 10.5. The average molecular weight is 489 g/mol. The normalized spacial score (nSPS) is 16.8. The fraction of sp³-hybridized carbons (Fsp3) is 0.481. The molecule has 1 aliphatic rings. The maximum atomic E-state index is 10.0. The zero-order valence-electron chi connectivity index (χ0n) is 21.8. The Labute approximate surface area is 213 Å². The molecule has 0 radical (unpaired) electrons. The zero-order chi connectivity index (χ0) is 25.9. The highest BCUT2D eigenvalue weighted by atomic mass is 16.3. The van der Waals surface area contributed by atoms with Gasteiger partial charge in [-0.1, -0.05) is 20.8 Å². The quantitative estimate of drug-likeness (QED) is 0.395. The second kappa shape index (κ2) is 10.6. The van der Waals surface area contributed by atoms with Gasteiger partial charge in [0.25, 0.3) is 0 Å². The summed E-state index contributed by atoms with van der Waals surface area (Å²) >= 11 is 0. The SMILES string of the molecule is CC(C)CCc1c(Nc2nccc(-c3cc(C#N)c4c(c3)[C@@](C)(CO)CN4)n2)cnn1CCN(C)C. The molecule has 0 spiro atoms. The Morgan fingerprint density at radius 1 is 1.33 bits per heavy atom. The molecule has 0 aliphatic carbocycles. The van der Waals surface area contributed by atoms with Gasteiger partial charge in [0.05, 0.1) is 47.7 Å². The monoisotopic (exact) mass is 488 g/mol. The van der Waals surface area contributed by atoms with Crippen molar-refractivity contribution >= 4 is 17.3 Å². The van der Waals surface area contributed by atoms with E-state index >= 15 is 0 Å². The first-order valence-electron chi connectivity index (χ1n) is 12.5. The van der Waals surface area contributed by atoms with E-state index in [1.165, 1.54) is 0 Å². The molecule has 0 amide bonds. The second-order valence-electron chi connectivity index (χ2n) is 10.5. The topological polar surface area (TPSA) is 115 Å². The molecule has 1 atom stereocenters. The third kappa shape index (κ3) is 5.35. The summed E-state index contributed by atoms with van der Waals surface area (Å²) in [5.41, 5.74) is 5.42. The smallest absolute Gasteiger partial charge is 0.227 e. The number of nitriles is 1. The molecule has 0 unspecified atom stereocenters. The number of fused-ring (bicyclic) bond motifs is 1. The van der Waals surface area contributed by atoms with Gasteiger partial charge in [-0.25, -0.2) is 9.97 Å². The van der Waals surface area contributed by atoms with Crippen LogP contribution >= 0.6 is 0 Å². The molecule has 0 fully saturated rings. The van der Waals surface area contributed by atoms with Crippen LogP contribution in [0.4, 0.5) is 17.3 Å². The summed E-state index contributed by atoms with van der Waals surface area (Å²) in [5, 5.41) is 31.1. The third-order valence-electron chi connectivity index (χ3n) is 6.78. The predicted molar refractivity (Wildman–Crippen MR) is 142 cm³/mol. The van der Waals surface area contributed by atoms with E-state index in [0.29, 0.717) is 29.7 Å². The van der Waals surface area contributed by atoms with Crippen LogP contribution in [0.25, 0.3) is 11.3 Å². The van der Waals surface area contributed by atoms with Crippen LogP contribution < -0.4 is 10.6 Å². The number of rotatable bonds is 10. The van der Waals surface area contributed by atoms with E-state index in [0.717, 1.165) is 54.1 Å². The van der Waals surface area contributed by atoms with E-state index in [4.69, 9.17) is 4.98 Å². The molecule has 3 aromatic rings. The Morgan fingerprint density at radius 2 is 2.14 bits per heavy atom. The molecule has 9 heteroatoms. The minimum Gasteiger partial charge on any atom is -0.395 e. The Hall–Kier alpha value is -3.48. The first kappa shape index (κ1) is 25.6. The van der Waals surface area contributed by atoms with Crippen molar-refractivity contribution < 1.29 is 5.11 Å². The summed E-state index contributed by atoms with van der Waals surface area (Å²) in [5.74, 6) is 1.07. The fourth-order valence-corrected chi connectivity index (χ4v) is 4.46. The lowest BCUT2D eigenvalue weighted by Crippen LogP contribution is -2.28. The Morgan fingerprint density at radius 3 is 2.83 bits per heavy atom. The highest BCUT2D eigenvalue weighted by Gasteiger charge is 2.36. The number of aromatic nitrogens is 4. The molecule has 0 saturated heterocycles.